The summed E-state index contributed by atoms with van der Waals surface area (Å²) < 4.78 is 0. The number of fused-ring (bicyclic) bond motifs is 1. The molecule has 0 radical (unpaired) electrons. The lowest BCUT2D eigenvalue weighted by molar-refractivity contribution is 0.719. The summed E-state index contributed by atoms with van der Waals surface area (Å²) >= 11 is 7.72. The smallest absolute Gasteiger partial charge is 0.167 e. The third-order valence-electron chi connectivity index (χ3n) is 3.26. The van der Waals surface area contributed by atoms with E-state index in [-0.39, 0.29) is 11.3 Å². The fraction of sp³-hybridized carbons (Fsp3) is 0.188. The molecule has 0 aliphatic heterocycles. The largest absolute Gasteiger partial charge is 0.333 e. The van der Waals surface area contributed by atoms with Gasteiger partial charge in [-0.1, -0.05) is 47.6 Å². The van der Waals surface area contributed by atoms with E-state index in [4.69, 9.17) is 17.3 Å². The Bertz CT molecular complexity index is 721. The number of para-hydroxylation sites is 2. The van der Waals surface area contributed by atoms with Gasteiger partial charge in [-0.3, -0.25) is 0 Å². The van der Waals surface area contributed by atoms with Gasteiger partial charge in [0.2, 0.25) is 0 Å². The first-order valence-corrected chi connectivity index (χ1v) is 8.02. The van der Waals surface area contributed by atoms with Gasteiger partial charge in [-0.25, -0.2) is 4.98 Å². The summed E-state index contributed by atoms with van der Waals surface area (Å²) in [4.78, 5) is 7.93. The van der Waals surface area contributed by atoms with E-state index in [1.54, 1.807) is 11.8 Å². The summed E-state index contributed by atoms with van der Waals surface area (Å²) in [6.07, 6.45) is 0. The average Bonchev–Trinajstić information content (AvgIpc) is 2.87. The molecule has 0 spiro atoms. The van der Waals surface area contributed by atoms with E-state index in [1.165, 1.54) is 0 Å². The highest BCUT2D eigenvalue weighted by Gasteiger charge is 2.19. The molecule has 2 aromatic carbocycles. The monoisotopic (exact) mass is 317 g/mol. The fourth-order valence-corrected chi connectivity index (χ4v) is 3.52. The van der Waals surface area contributed by atoms with Crippen molar-refractivity contribution in [2.75, 3.05) is 0 Å². The molecule has 0 saturated carbocycles. The van der Waals surface area contributed by atoms with Crippen LogP contribution in [0, 0.1) is 0 Å². The number of H-pyrrole nitrogens is 1. The van der Waals surface area contributed by atoms with Crippen molar-refractivity contribution in [1.29, 1.82) is 0 Å². The van der Waals surface area contributed by atoms with Gasteiger partial charge in [-0.15, -0.1) is 0 Å². The number of nitrogens with zero attached hydrogens (tertiary/aromatic N) is 1. The van der Waals surface area contributed by atoms with Crippen LogP contribution in [0.3, 0.4) is 0 Å². The Hall–Kier alpha value is -1.49. The van der Waals surface area contributed by atoms with Crippen molar-refractivity contribution in [2.45, 2.75) is 23.4 Å². The molecule has 0 fully saturated rings. The molecule has 1 heterocycles. The molecule has 0 bridgehead atoms. The summed E-state index contributed by atoms with van der Waals surface area (Å²) in [6, 6.07) is 15.8. The van der Waals surface area contributed by atoms with Crippen LogP contribution < -0.4 is 5.73 Å². The topological polar surface area (TPSA) is 54.7 Å². The second-order valence-electron chi connectivity index (χ2n) is 5.01. The molecule has 5 heteroatoms. The standard InChI is InChI=1S/C16H16ClN3S/c1-10(18)15(11-5-4-6-12(17)9-11)21-16-19-13-7-2-3-8-14(13)20-16/h2-10,15H,18H2,1H3,(H,19,20). The molecule has 3 N–H and O–H groups in total. The van der Waals surface area contributed by atoms with Gasteiger partial charge in [0.15, 0.2) is 5.16 Å². The van der Waals surface area contributed by atoms with E-state index in [0.29, 0.717) is 0 Å². The zero-order valence-electron chi connectivity index (χ0n) is 11.6. The maximum absolute atomic E-state index is 6.16. The number of imidazole rings is 1. The zero-order chi connectivity index (χ0) is 14.8. The lowest BCUT2D eigenvalue weighted by Gasteiger charge is -2.19. The van der Waals surface area contributed by atoms with Crippen LogP contribution in [0.4, 0.5) is 0 Å². The normalized spacial score (nSPS) is 14.2. The lowest BCUT2D eigenvalue weighted by atomic mass is 10.1. The van der Waals surface area contributed by atoms with Gasteiger partial charge in [0.05, 0.1) is 16.3 Å². The zero-order valence-corrected chi connectivity index (χ0v) is 13.2. The first-order chi connectivity index (χ1) is 10.1. The Morgan fingerprint density at radius 3 is 2.71 bits per heavy atom. The van der Waals surface area contributed by atoms with Crippen molar-refractivity contribution in [2.24, 2.45) is 5.73 Å². The van der Waals surface area contributed by atoms with Gasteiger partial charge in [0, 0.05) is 11.1 Å². The van der Waals surface area contributed by atoms with Crippen LogP contribution in [0.15, 0.2) is 53.7 Å². The van der Waals surface area contributed by atoms with Crippen molar-refractivity contribution in [3.8, 4) is 0 Å². The summed E-state index contributed by atoms with van der Waals surface area (Å²) in [5.41, 5.74) is 9.27. The van der Waals surface area contributed by atoms with Crippen LogP contribution in [0.25, 0.3) is 11.0 Å². The third-order valence-corrected chi connectivity index (χ3v) is 4.87. The highest BCUT2D eigenvalue weighted by Crippen LogP contribution is 2.37. The molecule has 0 aliphatic carbocycles. The number of thioether (sulfide) groups is 1. The number of aromatic nitrogens is 2. The van der Waals surface area contributed by atoms with Crippen LogP contribution in [0.5, 0.6) is 0 Å². The molecule has 0 amide bonds. The van der Waals surface area contributed by atoms with Crippen LogP contribution in [-0.4, -0.2) is 16.0 Å². The minimum absolute atomic E-state index is 0.0123. The molecule has 2 unspecified atom stereocenters. The molecule has 21 heavy (non-hydrogen) atoms. The maximum atomic E-state index is 6.16. The van der Waals surface area contributed by atoms with Gasteiger partial charge in [-0.05, 0) is 36.8 Å². The summed E-state index contributed by atoms with van der Waals surface area (Å²) in [7, 11) is 0. The van der Waals surface area contributed by atoms with Crippen molar-refractivity contribution < 1.29 is 0 Å². The Kier molecular flexibility index (Phi) is 4.19. The van der Waals surface area contributed by atoms with E-state index in [2.05, 4.69) is 16.0 Å². The van der Waals surface area contributed by atoms with Crippen molar-refractivity contribution in [1.82, 2.24) is 9.97 Å². The van der Waals surface area contributed by atoms with E-state index >= 15 is 0 Å². The minimum Gasteiger partial charge on any atom is -0.333 e. The second kappa shape index (κ2) is 6.10. The van der Waals surface area contributed by atoms with Gasteiger partial charge >= 0.3 is 0 Å². The average molecular weight is 318 g/mol. The molecule has 0 aliphatic rings. The summed E-state index contributed by atoms with van der Waals surface area (Å²) in [5.74, 6) is 0. The lowest BCUT2D eigenvalue weighted by Crippen LogP contribution is -2.22. The number of aromatic amines is 1. The predicted molar refractivity (Wildman–Crippen MR) is 89.8 cm³/mol. The van der Waals surface area contributed by atoms with Gasteiger partial charge in [0.25, 0.3) is 0 Å². The van der Waals surface area contributed by atoms with E-state index < -0.39 is 0 Å². The molecule has 0 saturated heterocycles. The number of nitrogens with one attached hydrogen (secondary N) is 1. The van der Waals surface area contributed by atoms with Crippen LogP contribution >= 0.6 is 23.4 Å². The Labute approximate surface area is 132 Å². The van der Waals surface area contributed by atoms with E-state index in [1.807, 2.05) is 49.4 Å². The first kappa shape index (κ1) is 14.4. The van der Waals surface area contributed by atoms with Crippen molar-refractivity contribution >= 4 is 34.4 Å². The number of hydrogen-bond acceptors (Lipinski definition) is 3. The van der Waals surface area contributed by atoms with E-state index in [9.17, 15) is 0 Å². The quantitative estimate of drug-likeness (QED) is 0.701. The van der Waals surface area contributed by atoms with Gasteiger partial charge in [0.1, 0.15) is 0 Å². The third kappa shape index (κ3) is 3.23. The number of hydrogen-bond donors (Lipinski definition) is 2. The number of halogens is 1. The van der Waals surface area contributed by atoms with Crippen LogP contribution in [0.1, 0.15) is 17.7 Å². The molecule has 3 nitrogen and oxygen atoms in total. The summed E-state index contributed by atoms with van der Waals surface area (Å²) in [5, 5.41) is 1.70. The SMILES string of the molecule is CC(N)C(Sc1nc2ccccc2[nH]1)c1cccc(Cl)c1. The number of nitrogens with two attached hydrogens (primary N) is 1. The van der Waals surface area contributed by atoms with Crippen molar-refractivity contribution in [3.63, 3.8) is 0 Å². The highest BCUT2D eigenvalue weighted by atomic mass is 35.5. The molecule has 108 valence electrons. The van der Waals surface area contributed by atoms with Crippen molar-refractivity contribution in [3.05, 3.63) is 59.1 Å². The minimum atomic E-state index is -0.0123. The van der Waals surface area contributed by atoms with Crippen LogP contribution in [-0.2, 0) is 0 Å². The van der Waals surface area contributed by atoms with Gasteiger partial charge in [-0.2, -0.15) is 0 Å². The number of rotatable bonds is 4. The number of benzene rings is 2. The summed E-state index contributed by atoms with van der Waals surface area (Å²) in [6.45, 7) is 2.00. The highest BCUT2D eigenvalue weighted by molar-refractivity contribution is 7.99. The van der Waals surface area contributed by atoms with E-state index in [0.717, 1.165) is 26.8 Å². The molecular weight excluding hydrogens is 302 g/mol. The molecule has 3 rings (SSSR count). The Morgan fingerprint density at radius 1 is 1.19 bits per heavy atom. The predicted octanol–water partition coefficient (Wildman–Crippen LogP) is 4.40. The Balaban J connectivity index is 1.91. The Morgan fingerprint density at radius 2 is 2.00 bits per heavy atom. The molecule has 2 atom stereocenters. The molecule has 3 aromatic rings. The second-order valence-corrected chi connectivity index (χ2v) is 6.58. The van der Waals surface area contributed by atoms with Crippen LogP contribution in [0.2, 0.25) is 5.02 Å². The fourth-order valence-electron chi connectivity index (χ4n) is 2.27. The maximum Gasteiger partial charge on any atom is 0.167 e. The molecule has 1 aromatic heterocycles. The molecular formula is C16H16ClN3S. The first-order valence-electron chi connectivity index (χ1n) is 6.76. The van der Waals surface area contributed by atoms with Gasteiger partial charge < -0.3 is 10.7 Å².